The molecule has 0 bridgehead atoms. The van der Waals surface area contributed by atoms with E-state index in [2.05, 4.69) is 6.58 Å². The second-order valence-electron chi connectivity index (χ2n) is 6.98. The molecule has 2 heterocycles. The summed E-state index contributed by atoms with van der Waals surface area (Å²) in [5.41, 5.74) is 0.972. The second-order valence-corrected chi connectivity index (χ2v) is 6.98. The van der Waals surface area contributed by atoms with Crippen molar-refractivity contribution in [1.29, 1.82) is 0 Å². The van der Waals surface area contributed by atoms with Gasteiger partial charge < -0.3 is 23.7 Å². The topological polar surface area (TPSA) is 54.0 Å². The third-order valence-electron chi connectivity index (χ3n) is 4.35. The molecule has 2 saturated heterocycles. The standard InChI is InChI=1S/C19H24O5/c1-13(2)10-19(21-12-14-8-6-5-7-9-14)15(11-20)22-17-16(19)23-18(3,4)24-17/h5-9,11,15-17H,1,10,12H2,2-4H3/t15-,16+,17-,19-/m1/s1. The fraction of sp³-hybridized carbons (Fsp3) is 0.526. The lowest BCUT2D eigenvalue weighted by molar-refractivity contribution is -0.233. The summed E-state index contributed by atoms with van der Waals surface area (Å²) in [4.78, 5) is 11.7. The van der Waals surface area contributed by atoms with Crippen LogP contribution in [0, 0.1) is 0 Å². The minimum atomic E-state index is -0.943. The number of carbonyl (C=O) groups excluding carboxylic acids is 1. The molecule has 5 heteroatoms. The third kappa shape index (κ3) is 3.17. The number of aldehydes is 1. The molecule has 2 fully saturated rings. The van der Waals surface area contributed by atoms with Crippen LogP contribution >= 0.6 is 0 Å². The average molecular weight is 332 g/mol. The molecule has 0 amide bonds. The molecule has 4 atom stereocenters. The normalized spacial score (nSPS) is 34.0. The Bertz CT molecular complexity index is 611. The van der Waals surface area contributed by atoms with E-state index in [1.165, 1.54) is 0 Å². The van der Waals surface area contributed by atoms with E-state index in [1.807, 2.05) is 51.1 Å². The number of ether oxygens (including phenoxy) is 4. The molecule has 130 valence electrons. The first-order valence-corrected chi connectivity index (χ1v) is 8.15. The monoisotopic (exact) mass is 332 g/mol. The van der Waals surface area contributed by atoms with Gasteiger partial charge in [-0.1, -0.05) is 35.9 Å². The zero-order valence-corrected chi connectivity index (χ0v) is 14.4. The lowest BCUT2D eigenvalue weighted by Crippen LogP contribution is -2.52. The van der Waals surface area contributed by atoms with Gasteiger partial charge in [0.1, 0.15) is 17.8 Å². The molecule has 3 rings (SSSR count). The summed E-state index contributed by atoms with van der Waals surface area (Å²) in [7, 11) is 0. The number of carbonyl (C=O) groups is 1. The minimum Gasteiger partial charge on any atom is -0.364 e. The van der Waals surface area contributed by atoms with Crippen LogP contribution in [0.15, 0.2) is 42.5 Å². The van der Waals surface area contributed by atoms with E-state index in [1.54, 1.807) is 0 Å². The van der Waals surface area contributed by atoms with Crippen LogP contribution in [0.1, 0.15) is 32.8 Å². The van der Waals surface area contributed by atoms with Gasteiger partial charge in [0.25, 0.3) is 0 Å². The summed E-state index contributed by atoms with van der Waals surface area (Å²) >= 11 is 0. The Kier molecular flexibility index (Phi) is 4.62. The van der Waals surface area contributed by atoms with Gasteiger partial charge in [-0.2, -0.15) is 0 Å². The Morgan fingerprint density at radius 2 is 2.00 bits per heavy atom. The summed E-state index contributed by atoms with van der Waals surface area (Å²) in [6, 6.07) is 9.81. The predicted octanol–water partition coefficient (Wildman–Crippen LogP) is 2.98. The Hall–Kier alpha value is -1.53. The van der Waals surface area contributed by atoms with E-state index in [9.17, 15) is 4.79 Å². The van der Waals surface area contributed by atoms with Gasteiger partial charge in [0.15, 0.2) is 18.4 Å². The Labute approximate surface area is 142 Å². The molecule has 1 aromatic carbocycles. The van der Waals surface area contributed by atoms with Crippen LogP contribution in [0.4, 0.5) is 0 Å². The Morgan fingerprint density at radius 1 is 1.29 bits per heavy atom. The van der Waals surface area contributed by atoms with Crippen molar-refractivity contribution >= 4 is 6.29 Å². The summed E-state index contributed by atoms with van der Waals surface area (Å²) in [5, 5.41) is 0. The van der Waals surface area contributed by atoms with E-state index in [-0.39, 0.29) is 0 Å². The fourth-order valence-corrected chi connectivity index (χ4v) is 3.41. The first-order valence-electron chi connectivity index (χ1n) is 8.15. The molecule has 1 aromatic rings. The first kappa shape index (κ1) is 17.3. The molecule has 0 radical (unpaired) electrons. The van der Waals surface area contributed by atoms with Gasteiger partial charge in [-0.15, -0.1) is 6.58 Å². The zero-order valence-electron chi connectivity index (χ0n) is 14.4. The quantitative estimate of drug-likeness (QED) is 0.592. The summed E-state index contributed by atoms with van der Waals surface area (Å²) in [5.74, 6) is -0.778. The largest absolute Gasteiger partial charge is 0.364 e. The van der Waals surface area contributed by atoms with Gasteiger partial charge in [-0.25, -0.2) is 0 Å². The third-order valence-corrected chi connectivity index (χ3v) is 4.35. The van der Waals surface area contributed by atoms with Crippen molar-refractivity contribution in [2.45, 2.75) is 63.7 Å². The number of fused-ring (bicyclic) bond motifs is 1. The summed E-state index contributed by atoms with van der Waals surface area (Å²) in [6.45, 7) is 9.91. The van der Waals surface area contributed by atoms with E-state index in [4.69, 9.17) is 18.9 Å². The highest BCUT2D eigenvalue weighted by Gasteiger charge is 2.64. The highest BCUT2D eigenvalue weighted by Crippen LogP contribution is 2.47. The average Bonchev–Trinajstić information content (AvgIpc) is 2.97. The Morgan fingerprint density at radius 3 is 2.62 bits per heavy atom. The first-order chi connectivity index (χ1) is 11.4. The molecular formula is C19H24O5. The van der Waals surface area contributed by atoms with Crippen molar-refractivity contribution in [2.24, 2.45) is 0 Å². The predicted molar refractivity (Wildman–Crippen MR) is 88.2 cm³/mol. The maximum absolute atomic E-state index is 11.7. The number of hydrogen-bond donors (Lipinski definition) is 0. The van der Waals surface area contributed by atoms with Crippen LogP contribution in [0.5, 0.6) is 0 Å². The minimum absolute atomic E-state index is 0.356. The van der Waals surface area contributed by atoms with Gasteiger partial charge in [-0.3, -0.25) is 0 Å². The number of hydrogen-bond acceptors (Lipinski definition) is 5. The van der Waals surface area contributed by atoms with Crippen molar-refractivity contribution < 1.29 is 23.7 Å². The van der Waals surface area contributed by atoms with Gasteiger partial charge in [0.05, 0.1) is 6.61 Å². The summed E-state index contributed by atoms with van der Waals surface area (Å²) < 4.78 is 23.9. The molecule has 24 heavy (non-hydrogen) atoms. The molecule has 0 spiro atoms. The van der Waals surface area contributed by atoms with Crippen LogP contribution in [0.25, 0.3) is 0 Å². The molecule has 5 nitrogen and oxygen atoms in total. The summed E-state index contributed by atoms with van der Waals surface area (Å²) in [6.07, 6.45) is -0.632. The zero-order chi connectivity index (χ0) is 17.4. The van der Waals surface area contributed by atoms with Gasteiger partial charge in [0.2, 0.25) is 0 Å². The smallest absolute Gasteiger partial charge is 0.191 e. The molecule has 0 aromatic heterocycles. The SMILES string of the molecule is C=C(C)C[C@@]1(OCc2ccccc2)[C@@H](C=O)O[C@@H]2OC(C)(C)O[C@@H]21. The molecule has 0 aliphatic carbocycles. The van der Waals surface area contributed by atoms with Crippen molar-refractivity contribution in [3.63, 3.8) is 0 Å². The maximum atomic E-state index is 11.7. The van der Waals surface area contributed by atoms with Crippen LogP contribution < -0.4 is 0 Å². The van der Waals surface area contributed by atoms with Crippen LogP contribution in [-0.2, 0) is 30.3 Å². The van der Waals surface area contributed by atoms with Crippen molar-refractivity contribution in [3.8, 4) is 0 Å². The molecular weight excluding hydrogens is 308 g/mol. The van der Waals surface area contributed by atoms with Crippen LogP contribution in [0.3, 0.4) is 0 Å². The molecule has 0 saturated carbocycles. The van der Waals surface area contributed by atoms with E-state index >= 15 is 0 Å². The van der Waals surface area contributed by atoms with Crippen molar-refractivity contribution in [2.75, 3.05) is 0 Å². The van der Waals surface area contributed by atoms with E-state index < -0.39 is 29.9 Å². The van der Waals surface area contributed by atoms with Gasteiger partial charge >= 0.3 is 0 Å². The molecule has 2 aliphatic heterocycles. The van der Waals surface area contributed by atoms with Gasteiger partial charge in [0, 0.05) is 6.42 Å². The van der Waals surface area contributed by atoms with Crippen LogP contribution in [0.2, 0.25) is 0 Å². The molecule has 2 aliphatic rings. The van der Waals surface area contributed by atoms with Crippen molar-refractivity contribution in [3.05, 3.63) is 48.0 Å². The fourth-order valence-electron chi connectivity index (χ4n) is 3.41. The molecule has 0 unspecified atom stereocenters. The second kappa shape index (κ2) is 6.41. The maximum Gasteiger partial charge on any atom is 0.191 e. The van der Waals surface area contributed by atoms with E-state index in [0.29, 0.717) is 13.0 Å². The van der Waals surface area contributed by atoms with E-state index in [0.717, 1.165) is 17.4 Å². The van der Waals surface area contributed by atoms with Crippen molar-refractivity contribution in [1.82, 2.24) is 0 Å². The highest BCUT2D eigenvalue weighted by atomic mass is 16.8. The highest BCUT2D eigenvalue weighted by molar-refractivity contribution is 5.60. The Balaban J connectivity index is 1.90. The molecule has 0 N–H and O–H groups in total. The number of rotatable bonds is 6. The number of benzene rings is 1. The van der Waals surface area contributed by atoms with Gasteiger partial charge in [-0.05, 0) is 26.3 Å². The van der Waals surface area contributed by atoms with Crippen LogP contribution in [-0.4, -0.2) is 36.2 Å². The lowest BCUT2D eigenvalue weighted by atomic mass is 9.86. The lowest BCUT2D eigenvalue weighted by Gasteiger charge is -2.36.